The number of rotatable bonds is 6. The van der Waals surface area contributed by atoms with Crippen LogP contribution in [-0.4, -0.2) is 71.5 Å². The van der Waals surface area contributed by atoms with Gasteiger partial charge in [-0.15, -0.1) is 0 Å². The van der Waals surface area contributed by atoms with Gasteiger partial charge in [0.15, 0.2) is 5.82 Å². The molecule has 0 aromatic carbocycles. The van der Waals surface area contributed by atoms with Gasteiger partial charge in [0.25, 0.3) is 0 Å². The molecule has 182 valence electrons. The Labute approximate surface area is 211 Å². The molecule has 0 saturated carbocycles. The summed E-state index contributed by atoms with van der Waals surface area (Å²) >= 11 is 0. The Kier molecular flexibility index (Phi) is 5.58. The van der Waals surface area contributed by atoms with Gasteiger partial charge < -0.3 is 15.2 Å². The van der Waals surface area contributed by atoms with Crippen molar-refractivity contribution in [3.63, 3.8) is 0 Å². The number of hydrogen-bond donors (Lipinski definition) is 3. The lowest BCUT2D eigenvalue weighted by Gasteiger charge is -2.10. The average Bonchev–Trinajstić information content (AvgIpc) is 3.52. The van der Waals surface area contributed by atoms with Crippen LogP contribution in [0.15, 0.2) is 67.5 Å². The number of carbonyl (C=O) groups excluding carboxylic acids is 1. The van der Waals surface area contributed by atoms with Gasteiger partial charge in [0.05, 0.1) is 53.2 Å². The highest BCUT2D eigenvalue weighted by atomic mass is 16.2. The van der Waals surface area contributed by atoms with E-state index < -0.39 is 0 Å². The Balaban J connectivity index is 1.38. The van der Waals surface area contributed by atoms with Crippen LogP contribution in [-0.2, 0) is 4.79 Å². The lowest BCUT2D eigenvalue weighted by Crippen LogP contribution is -2.27. The monoisotopic (exact) mass is 490 g/mol. The summed E-state index contributed by atoms with van der Waals surface area (Å²) in [5.74, 6) is 0.486. The van der Waals surface area contributed by atoms with Crippen molar-refractivity contribution in [3.8, 4) is 34.0 Å². The number of fused-ring (bicyclic) bond motifs is 2. The molecule has 0 fully saturated rings. The maximum atomic E-state index is 12.2. The van der Waals surface area contributed by atoms with Crippen LogP contribution in [0.1, 0.15) is 0 Å². The van der Waals surface area contributed by atoms with Gasteiger partial charge in [0.2, 0.25) is 5.91 Å². The van der Waals surface area contributed by atoms with Crippen molar-refractivity contribution in [1.82, 2.24) is 45.0 Å². The highest BCUT2D eigenvalue weighted by molar-refractivity contribution is 5.97. The van der Waals surface area contributed by atoms with E-state index in [0.717, 1.165) is 38.8 Å². The van der Waals surface area contributed by atoms with Crippen LogP contribution in [0.2, 0.25) is 0 Å². The number of aromatic amines is 2. The fraction of sp³-hybridized carbons (Fsp3) is 0.115. The molecule has 3 N–H and O–H groups in total. The van der Waals surface area contributed by atoms with E-state index in [9.17, 15) is 4.79 Å². The molecule has 0 saturated heterocycles. The summed E-state index contributed by atoms with van der Waals surface area (Å²) in [6.07, 6.45) is 10.3. The van der Waals surface area contributed by atoms with E-state index >= 15 is 0 Å². The molecular weight excluding hydrogens is 468 g/mol. The number of imidazole rings is 1. The smallest absolute Gasteiger partial charge is 0.238 e. The van der Waals surface area contributed by atoms with Crippen molar-refractivity contribution in [1.29, 1.82) is 0 Å². The Morgan fingerprint density at radius 2 is 1.86 bits per heavy atom. The number of amides is 1. The van der Waals surface area contributed by atoms with E-state index in [0.29, 0.717) is 22.9 Å². The maximum absolute atomic E-state index is 12.2. The van der Waals surface area contributed by atoms with Crippen LogP contribution in [0.5, 0.6) is 0 Å². The molecule has 6 aromatic heterocycles. The number of anilines is 1. The molecule has 37 heavy (non-hydrogen) atoms. The number of carbonyl (C=O) groups is 1. The second-order valence-corrected chi connectivity index (χ2v) is 8.82. The predicted molar refractivity (Wildman–Crippen MR) is 140 cm³/mol. The number of nitrogens with zero attached hydrogens (tertiary/aromatic N) is 7. The Morgan fingerprint density at radius 3 is 2.70 bits per heavy atom. The predicted octanol–water partition coefficient (Wildman–Crippen LogP) is 3.52. The molecule has 0 unspecified atom stereocenters. The van der Waals surface area contributed by atoms with Gasteiger partial charge in [-0.3, -0.25) is 29.8 Å². The van der Waals surface area contributed by atoms with Crippen molar-refractivity contribution >= 4 is 33.5 Å². The third-order valence-corrected chi connectivity index (χ3v) is 5.78. The summed E-state index contributed by atoms with van der Waals surface area (Å²) in [6.45, 7) is 0.280. The van der Waals surface area contributed by atoms with E-state index in [2.05, 4.69) is 40.4 Å². The molecule has 0 spiro atoms. The van der Waals surface area contributed by atoms with Crippen LogP contribution in [0.3, 0.4) is 0 Å². The SMILES string of the molecule is CN(C)CC(=O)Nc1cncc(-c2cc3c(-c4nc5c(-c6ccccn6)cncc5[nH]4)n[nH]c3cn2)c1. The average molecular weight is 491 g/mol. The highest BCUT2D eigenvalue weighted by Gasteiger charge is 2.17. The molecule has 0 aliphatic rings. The third kappa shape index (κ3) is 4.39. The molecule has 0 aliphatic carbocycles. The van der Waals surface area contributed by atoms with Crippen LogP contribution in [0, 0.1) is 0 Å². The number of pyridine rings is 4. The molecule has 0 bridgehead atoms. The van der Waals surface area contributed by atoms with Gasteiger partial charge in [-0.05, 0) is 38.4 Å². The molecule has 1 amide bonds. The Morgan fingerprint density at radius 1 is 0.973 bits per heavy atom. The summed E-state index contributed by atoms with van der Waals surface area (Å²) in [4.78, 5) is 39.8. The fourth-order valence-electron chi connectivity index (χ4n) is 4.15. The number of aromatic nitrogens is 8. The first-order valence-corrected chi connectivity index (χ1v) is 11.5. The maximum Gasteiger partial charge on any atom is 0.238 e. The van der Waals surface area contributed by atoms with Crippen molar-refractivity contribution in [2.45, 2.75) is 0 Å². The molecule has 0 radical (unpaired) electrons. The van der Waals surface area contributed by atoms with Crippen LogP contribution >= 0.6 is 0 Å². The lowest BCUT2D eigenvalue weighted by atomic mass is 10.1. The summed E-state index contributed by atoms with van der Waals surface area (Å²) in [6, 6.07) is 9.51. The standard InChI is InChI=1S/C26H22N10O/c1-36(2)14-23(37)31-16-7-15(9-27-10-16)20-8-17-21(13-30-20)34-35-25(17)26-32-22-12-28-11-18(24(22)33-26)19-5-3-4-6-29-19/h3-13H,14H2,1-2H3,(H,31,37)(H,32,33)(H,34,35). The molecule has 6 aromatic rings. The zero-order valence-electron chi connectivity index (χ0n) is 20.1. The minimum atomic E-state index is -0.117. The van der Waals surface area contributed by atoms with Gasteiger partial charge in [-0.25, -0.2) is 4.98 Å². The second kappa shape index (κ2) is 9.21. The van der Waals surface area contributed by atoms with Crippen LogP contribution in [0.25, 0.3) is 56.0 Å². The van der Waals surface area contributed by atoms with E-state index in [1.807, 2.05) is 44.4 Å². The van der Waals surface area contributed by atoms with Crippen LogP contribution < -0.4 is 5.32 Å². The molecule has 6 heterocycles. The third-order valence-electron chi connectivity index (χ3n) is 5.78. The van der Waals surface area contributed by atoms with Gasteiger partial charge in [-0.2, -0.15) is 5.10 Å². The van der Waals surface area contributed by atoms with Crippen LogP contribution in [0.4, 0.5) is 5.69 Å². The van der Waals surface area contributed by atoms with E-state index in [-0.39, 0.29) is 12.5 Å². The van der Waals surface area contributed by atoms with Crippen molar-refractivity contribution in [2.24, 2.45) is 0 Å². The van der Waals surface area contributed by atoms with E-state index in [4.69, 9.17) is 4.98 Å². The minimum Gasteiger partial charge on any atom is -0.335 e. The number of likely N-dealkylation sites (N-methyl/N-ethyl adjacent to an activating group) is 1. The van der Waals surface area contributed by atoms with Gasteiger partial charge in [0, 0.05) is 35.1 Å². The first-order chi connectivity index (χ1) is 18.0. The van der Waals surface area contributed by atoms with Crippen molar-refractivity contribution in [3.05, 3.63) is 67.5 Å². The molecule has 11 nitrogen and oxygen atoms in total. The number of hydrogen-bond acceptors (Lipinski definition) is 8. The lowest BCUT2D eigenvalue weighted by molar-refractivity contribution is -0.116. The largest absolute Gasteiger partial charge is 0.335 e. The molecule has 0 atom stereocenters. The molecular formula is C26H22N10O. The second-order valence-electron chi connectivity index (χ2n) is 8.82. The summed E-state index contributed by atoms with van der Waals surface area (Å²) < 4.78 is 0. The topological polar surface area (TPSA) is 141 Å². The Hall–Kier alpha value is -5.03. The summed E-state index contributed by atoms with van der Waals surface area (Å²) in [5, 5.41) is 11.3. The van der Waals surface area contributed by atoms with Crippen molar-refractivity contribution in [2.75, 3.05) is 26.0 Å². The highest BCUT2D eigenvalue weighted by Crippen LogP contribution is 2.31. The van der Waals surface area contributed by atoms with Gasteiger partial charge in [0.1, 0.15) is 11.2 Å². The minimum absolute atomic E-state index is 0.117. The number of nitrogens with one attached hydrogen (secondary N) is 3. The van der Waals surface area contributed by atoms with E-state index in [1.165, 1.54) is 0 Å². The molecule has 11 heteroatoms. The first kappa shape index (κ1) is 22.4. The zero-order chi connectivity index (χ0) is 25.4. The van der Waals surface area contributed by atoms with E-state index in [1.54, 1.807) is 42.1 Å². The normalized spacial score (nSPS) is 11.4. The van der Waals surface area contributed by atoms with Crippen molar-refractivity contribution < 1.29 is 4.79 Å². The summed E-state index contributed by atoms with van der Waals surface area (Å²) in [7, 11) is 3.68. The molecule has 6 rings (SSSR count). The summed E-state index contributed by atoms with van der Waals surface area (Å²) in [5.41, 5.74) is 6.67. The molecule has 0 aliphatic heterocycles. The fourth-order valence-corrected chi connectivity index (χ4v) is 4.15. The first-order valence-electron chi connectivity index (χ1n) is 11.5. The number of H-pyrrole nitrogens is 2. The van der Waals surface area contributed by atoms with Gasteiger partial charge in [-0.1, -0.05) is 6.07 Å². The Bertz CT molecular complexity index is 1740. The quantitative estimate of drug-likeness (QED) is 0.322. The zero-order valence-corrected chi connectivity index (χ0v) is 20.1. The van der Waals surface area contributed by atoms with Gasteiger partial charge >= 0.3 is 0 Å².